The molecule has 1 aromatic heterocycles. The molecule has 136 valence electrons. The molecule has 2 aromatic rings. The highest BCUT2D eigenvalue weighted by molar-refractivity contribution is 7.09. The molecule has 0 spiro atoms. The molecule has 2 rings (SSSR count). The number of nitrogens with zero attached hydrogens (tertiary/aromatic N) is 2. The van der Waals surface area contributed by atoms with Crippen molar-refractivity contribution >= 4 is 28.9 Å². The van der Waals surface area contributed by atoms with Gasteiger partial charge in [-0.2, -0.15) is 13.2 Å². The Morgan fingerprint density at radius 1 is 1.32 bits per heavy atom. The summed E-state index contributed by atoms with van der Waals surface area (Å²) in [6.07, 6.45) is -4.08. The van der Waals surface area contributed by atoms with Crippen LogP contribution < -0.4 is 10.6 Å². The van der Waals surface area contributed by atoms with E-state index in [1.807, 2.05) is 0 Å². The molecule has 2 N–H and O–H groups in total. The zero-order valence-corrected chi connectivity index (χ0v) is 14.7. The van der Waals surface area contributed by atoms with E-state index < -0.39 is 17.7 Å². The fourth-order valence-electron chi connectivity index (χ4n) is 1.90. The number of aliphatic imine (C=N–C) groups is 1. The summed E-state index contributed by atoms with van der Waals surface area (Å²) in [7, 11) is 1.57. The van der Waals surface area contributed by atoms with Crippen LogP contribution in [-0.4, -0.2) is 24.5 Å². The molecule has 0 amide bonds. The second-order valence-corrected chi connectivity index (χ2v) is 6.33. The number of thiazole rings is 1. The Kier molecular flexibility index (Phi) is 6.60. The molecule has 0 bridgehead atoms. The lowest BCUT2D eigenvalue weighted by molar-refractivity contribution is -0.140. The topological polar surface area (TPSA) is 49.3 Å². The Hall–Kier alpha value is -1.87. The summed E-state index contributed by atoms with van der Waals surface area (Å²) in [5.41, 5.74) is -0.104. The molecule has 0 fully saturated rings. The van der Waals surface area contributed by atoms with Crippen molar-refractivity contribution in [2.45, 2.75) is 19.1 Å². The van der Waals surface area contributed by atoms with Gasteiger partial charge in [-0.3, -0.25) is 4.99 Å². The fourth-order valence-corrected chi connectivity index (χ4v) is 2.91. The van der Waals surface area contributed by atoms with E-state index in [2.05, 4.69) is 20.6 Å². The molecule has 25 heavy (non-hydrogen) atoms. The number of alkyl halides is 3. The maximum atomic E-state index is 13.1. The third kappa shape index (κ3) is 5.86. The Morgan fingerprint density at radius 2 is 2.08 bits per heavy atom. The summed E-state index contributed by atoms with van der Waals surface area (Å²) in [4.78, 5) is 7.57. The monoisotopic (exact) mass is 394 g/mol. The Morgan fingerprint density at radius 3 is 2.68 bits per heavy atom. The van der Waals surface area contributed by atoms with E-state index in [4.69, 9.17) is 11.6 Å². The van der Waals surface area contributed by atoms with Gasteiger partial charge in [0.05, 0.1) is 10.0 Å². The highest BCUT2D eigenvalue weighted by atomic mass is 35.5. The van der Waals surface area contributed by atoms with Crippen LogP contribution in [0, 0.1) is 5.82 Å². The van der Waals surface area contributed by atoms with Crippen LogP contribution in [0.2, 0.25) is 5.02 Å². The molecule has 1 heterocycles. The number of halogens is 5. The molecular formula is C15H15ClF4N4S. The van der Waals surface area contributed by atoms with E-state index in [9.17, 15) is 17.6 Å². The van der Waals surface area contributed by atoms with Crippen LogP contribution in [0.5, 0.6) is 0 Å². The first kappa shape index (κ1) is 19.5. The summed E-state index contributed by atoms with van der Waals surface area (Å²) in [6, 6.07) is 4.37. The molecule has 0 saturated carbocycles. The summed E-state index contributed by atoms with van der Waals surface area (Å²) in [6.45, 7) is 0.740. The zero-order chi connectivity index (χ0) is 18.4. The molecule has 0 aliphatic heterocycles. The maximum Gasteiger partial charge on any atom is 0.434 e. The number of hydrogen-bond acceptors (Lipinski definition) is 3. The van der Waals surface area contributed by atoms with Gasteiger partial charge in [0.2, 0.25) is 0 Å². The second kappa shape index (κ2) is 8.48. The van der Waals surface area contributed by atoms with E-state index >= 15 is 0 Å². The van der Waals surface area contributed by atoms with Gasteiger partial charge >= 0.3 is 6.18 Å². The van der Waals surface area contributed by atoms with Crippen LogP contribution in [-0.2, 0) is 19.1 Å². The first-order valence-electron chi connectivity index (χ1n) is 7.19. The SMILES string of the molecule is CN=C(NCCc1nc(C(F)(F)F)cs1)NCc1ccc(F)c(Cl)c1. The number of aromatic nitrogens is 1. The quantitative estimate of drug-likeness (QED) is 0.460. The summed E-state index contributed by atoms with van der Waals surface area (Å²) in [5.74, 6) is -0.0253. The van der Waals surface area contributed by atoms with Crippen molar-refractivity contribution in [3.8, 4) is 0 Å². The minimum Gasteiger partial charge on any atom is -0.356 e. The molecule has 10 heteroatoms. The molecular weight excluding hydrogens is 380 g/mol. The van der Waals surface area contributed by atoms with Crippen LogP contribution in [0.25, 0.3) is 0 Å². The number of benzene rings is 1. The van der Waals surface area contributed by atoms with Crippen LogP contribution in [0.15, 0.2) is 28.6 Å². The van der Waals surface area contributed by atoms with E-state index in [0.717, 1.165) is 22.3 Å². The average Bonchev–Trinajstić information content (AvgIpc) is 3.03. The normalized spacial score (nSPS) is 12.3. The number of nitrogens with one attached hydrogen (secondary N) is 2. The van der Waals surface area contributed by atoms with Crippen LogP contribution in [0.1, 0.15) is 16.3 Å². The van der Waals surface area contributed by atoms with Gasteiger partial charge < -0.3 is 10.6 Å². The van der Waals surface area contributed by atoms with Crippen molar-refractivity contribution < 1.29 is 17.6 Å². The third-order valence-corrected chi connectivity index (χ3v) is 4.34. The van der Waals surface area contributed by atoms with Gasteiger partial charge in [0, 0.05) is 31.9 Å². The first-order chi connectivity index (χ1) is 11.8. The maximum absolute atomic E-state index is 13.1. The predicted octanol–water partition coefficient (Wildman–Crippen LogP) is 3.86. The van der Waals surface area contributed by atoms with Gasteiger partial charge in [0.1, 0.15) is 5.82 Å². The third-order valence-electron chi connectivity index (χ3n) is 3.14. The largest absolute Gasteiger partial charge is 0.434 e. The van der Waals surface area contributed by atoms with Crippen LogP contribution in [0.4, 0.5) is 17.6 Å². The fraction of sp³-hybridized carbons (Fsp3) is 0.333. The molecule has 0 saturated heterocycles. The summed E-state index contributed by atoms with van der Waals surface area (Å²) < 4.78 is 50.6. The molecule has 4 nitrogen and oxygen atoms in total. The van der Waals surface area contributed by atoms with Crippen molar-refractivity contribution in [3.05, 3.63) is 50.7 Å². The van der Waals surface area contributed by atoms with E-state index in [0.29, 0.717) is 30.5 Å². The molecule has 1 aromatic carbocycles. The van der Waals surface area contributed by atoms with Crippen molar-refractivity contribution in [1.29, 1.82) is 0 Å². The predicted molar refractivity (Wildman–Crippen MR) is 90.4 cm³/mol. The molecule has 0 aliphatic rings. The van der Waals surface area contributed by atoms with Crippen molar-refractivity contribution in [2.75, 3.05) is 13.6 Å². The smallest absolute Gasteiger partial charge is 0.356 e. The van der Waals surface area contributed by atoms with Crippen LogP contribution >= 0.6 is 22.9 Å². The Labute approximate surface area is 150 Å². The Balaban J connectivity index is 1.80. The van der Waals surface area contributed by atoms with Gasteiger partial charge in [0.15, 0.2) is 11.7 Å². The zero-order valence-electron chi connectivity index (χ0n) is 13.1. The molecule has 0 radical (unpaired) electrons. The lowest BCUT2D eigenvalue weighted by atomic mass is 10.2. The molecule has 0 atom stereocenters. The van der Waals surface area contributed by atoms with E-state index in [1.54, 1.807) is 13.1 Å². The van der Waals surface area contributed by atoms with Crippen LogP contribution in [0.3, 0.4) is 0 Å². The van der Waals surface area contributed by atoms with Gasteiger partial charge in [0.25, 0.3) is 0 Å². The molecule has 0 unspecified atom stereocenters. The van der Waals surface area contributed by atoms with E-state index in [-0.39, 0.29) is 5.02 Å². The second-order valence-electron chi connectivity index (χ2n) is 4.98. The number of hydrogen-bond donors (Lipinski definition) is 2. The average molecular weight is 395 g/mol. The number of guanidine groups is 1. The van der Waals surface area contributed by atoms with Crippen molar-refractivity contribution in [2.24, 2.45) is 4.99 Å². The number of rotatable bonds is 5. The van der Waals surface area contributed by atoms with E-state index in [1.165, 1.54) is 12.1 Å². The lowest BCUT2D eigenvalue weighted by Crippen LogP contribution is -2.37. The van der Waals surface area contributed by atoms with Gasteiger partial charge in [-0.1, -0.05) is 17.7 Å². The first-order valence-corrected chi connectivity index (χ1v) is 8.45. The minimum absolute atomic E-state index is 0.0338. The summed E-state index contributed by atoms with van der Waals surface area (Å²) >= 11 is 6.68. The highest BCUT2D eigenvalue weighted by Gasteiger charge is 2.33. The van der Waals surface area contributed by atoms with Gasteiger partial charge in [-0.15, -0.1) is 11.3 Å². The highest BCUT2D eigenvalue weighted by Crippen LogP contribution is 2.29. The van der Waals surface area contributed by atoms with Crippen molar-refractivity contribution in [1.82, 2.24) is 15.6 Å². The Bertz CT molecular complexity index is 745. The minimum atomic E-state index is -4.42. The summed E-state index contributed by atoms with van der Waals surface area (Å²) in [5, 5.41) is 7.41. The van der Waals surface area contributed by atoms with Gasteiger partial charge in [-0.25, -0.2) is 9.37 Å². The van der Waals surface area contributed by atoms with Crippen molar-refractivity contribution in [3.63, 3.8) is 0 Å². The molecule has 0 aliphatic carbocycles. The standard InChI is InChI=1S/C15H15ClF4N4S/c1-21-14(23-7-9-2-3-11(17)10(16)6-9)22-5-4-13-24-12(8-25-13)15(18,19)20/h2-3,6,8H,4-5,7H2,1H3,(H2,21,22,23). The lowest BCUT2D eigenvalue weighted by Gasteiger charge is -2.11. The van der Waals surface area contributed by atoms with Gasteiger partial charge in [-0.05, 0) is 17.7 Å².